The van der Waals surface area contributed by atoms with Crippen LogP contribution in [0.3, 0.4) is 0 Å². The first-order valence-corrected chi connectivity index (χ1v) is 11.2. The Morgan fingerprint density at radius 3 is 2.69 bits per heavy atom. The quantitative estimate of drug-likeness (QED) is 0.437. The number of carbonyl (C=O) groups excluding carboxylic acids is 1. The second-order valence-electron chi connectivity index (χ2n) is 8.02. The van der Waals surface area contributed by atoms with E-state index in [1.165, 1.54) is 12.7 Å². The van der Waals surface area contributed by atoms with Crippen LogP contribution >= 0.6 is 12.2 Å². The smallest absolute Gasteiger partial charge is 0.337 e. The van der Waals surface area contributed by atoms with Crippen molar-refractivity contribution in [1.29, 1.82) is 0 Å². The predicted molar refractivity (Wildman–Crippen MR) is 129 cm³/mol. The van der Waals surface area contributed by atoms with E-state index < -0.39 is 0 Å². The van der Waals surface area contributed by atoms with Crippen LogP contribution in [0.15, 0.2) is 54.7 Å². The lowest BCUT2D eigenvalue weighted by molar-refractivity contribution is 0.0600. The van der Waals surface area contributed by atoms with E-state index in [9.17, 15) is 4.79 Å². The van der Waals surface area contributed by atoms with Gasteiger partial charge >= 0.3 is 5.97 Å². The summed E-state index contributed by atoms with van der Waals surface area (Å²) in [6.45, 7) is 7.23. The molecule has 6 nitrogen and oxygen atoms in total. The number of esters is 1. The molecule has 0 radical (unpaired) electrons. The molecule has 1 aliphatic rings. The van der Waals surface area contributed by atoms with Gasteiger partial charge in [-0.3, -0.25) is 4.98 Å². The fraction of sp³-hybridized carbons (Fsp3) is 0.320. The van der Waals surface area contributed by atoms with Gasteiger partial charge in [0.25, 0.3) is 0 Å². The molecule has 32 heavy (non-hydrogen) atoms. The summed E-state index contributed by atoms with van der Waals surface area (Å²) in [7, 11) is 1.40. The van der Waals surface area contributed by atoms with Crippen LogP contribution < -0.4 is 5.32 Å². The molecule has 1 aromatic carbocycles. The molecule has 0 aliphatic carbocycles. The number of ether oxygens (including phenoxy) is 1. The Bertz CT molecular complexity index is 1140. The van der Waals surface area contributed by atoms with Gasteiger partial charge in [-0.2, -0.15) is 0 Å². The fourth-order valence-corrected chi connectivity index (χ4v) is 4.93. The predicted octanol–water partition coefficient (Wildman–Crippen LogP) is 4.66. The number of rotatable bonds is 6. The fourth-order valence-electron chi connectivity index (χ4n) is 4.60. The summed E-state index contributed by atoms with van der Waals surface area (Å²) in [5, 5.41) is 4.26. The maximum atomic E-state index is 12.1. The maximum Gasteiger partial charge on any atom is 0.337 e. The summed E-state index contributed by atoms with van der Waals surface area (Å²) in [4.78, 5) is 18.9. The normalized spacial score (nSPS) is 18.0. The molecule has 0 spiro atoms. The number of methoxy groups -OCH3 is 1. The van der Waals surface area contributed by atoms with Crippen molar-refractivity contribution in [2.45, 2.75) is 39.3 Å². The van der Waals surface area contributed by atoms with Gasteiger partial charge in [0, 0.05) is 29.8 Å². The number of hydrogen-bond acceptors (Lipinski definition) is 4. The van der Waals surface area contributed by atoms with Crippen molar-refractivity contribution in [3.63, 3.8) is 0 Å². The molecule has 1 saturated heterocycles. The summed E-state index contributed by atoms with van der Waals surface area (Å²) in [5.74, 6) is -0.343. The average molecular weight is 449 g/mol. The van der Waals surface area contributed by atoms with Crippen molar-refractivity contribution in [2.24, 2.45) is 0 Å². The third-order valence-corrected chi connectivity index (χ3v) is 6.33. The van der Waals surface area contributed by atoms with Crippen LogP contribution in [0.4, 0.5) is 0 Å². The number of hydrogen-bond donors (Lipinski definition) is 1. The number of thiocarbonyl (C=S) groups is 1. The number of benzene rings is 1. The van der Waals surface area contributed by atoms with E-state index in [1.54, 1.807) is 6.07 Å². The molecule has 0 bridgehead atoms. The molecule has 7 heteroatoms. The number of nitrogens with one attached hydrogen (secondary N) is 1. The minimum atomic E-state index is -0.343. The Kier molecular flexibility index (Phi) is 6.28. The molecule has 0 unspecified atom stereocenters. The van der Waals surface area contributed by atoms with Gasteiger partial charge in [0.15, 0.2) is 5.11 Å². The molecule has 1 fully saturated rings. The van der Waals surface area contributed by atoms with E-state index in [4.69, 9.17) is 17.0 Å². The number of aromatic nitrogens is 2. The lowest BCUT2D eigenvalue weighted by Crippen LogP contribution is -2.30. The zero-order chi connectivity index (χ0) is 22.8. The summed E-state index contributed by atoms with van der Waals surface area (Å²) < 4.78 is 7.09. The third-order valence-electron chi connectivity index (χ3n) is 5.98. The minimum Gasteiger partial charge on any atom is -0.465 e. The van der Waals surface area contributed by atoms with Crippen LogP contribution in [0.1, 0.15) is 58.4 Å². The zero-order valence-electron chi connectivity index (χ0n) is 18.8. The summed E-state index contributed by atoms with van der Waals surface area (Å²) >= 11 is 5.72. The van der Waals surface area contributed by atoms with Crippen LogP contribution in [0.25, 0.3) is 5.69 Å². The summed E-state index contributed by atoms with van der Waals surface area (Å²) in [6.07, 6.45) is 2.81. The molecule has 1 aliphatic heterocycles. The highest BCUT2D eigenvalue weighted by molar-refractivity contribution is 7.80. The van der Waals surface area contributed by atoms with Gasteiger partial charge in [0.2, 0.25) is 0 Å². The third kappa shape index (κ3) is 3.88. The Morgan fingerprint density at radius 1 is 1.19 bits per heavy atom. The van der Waals surface area contributed by atoms with E-state index in [1.807, 2.05) is 42.6 Å². The second-order valence-corrected chi connectivity index (χ2v) is 8.41. The first-order chi connectivity index (χ1) is 15.5. The molecular weight excluding hydrogens is 420 g/mol. The van der Waals surface area contributed by atoms with E-state index >= 15 is 0 Å². The lowest BCUT2D eigenvalue weighted by atomic mass is 9.96. The van der Waals surface area contributed by atoms with Crippen molar-refractivity contribution in [1.82, 2.24) is 19.8 Å². The van der Waals surface area contributed by atoms with Crippen molar-refractivity contribution in [2.75, 3.05) is 13.7 Å². The van der Waals surface area contributed by atoms with E-state index in [0.717, 1.165) is 40.8 Å². The van der Waals surface area contributed by atoms with Gasteiger partial charge in [0.05, 0.1) is 30.5 Å². The number of pyridine rings is 1. The van der Waals surface area contributed by atoms with Crippen molar-refractivity contribution >= 4 is 23.3 Å². The largest absolute Gasteiger partial charge is 0.465 e. The zero-order valence-corrected chi connectivity index (χ0v) is 19.6. The average Bonchev–Trinajstić information content (AvgIpc) is 3.29. The number of nitrogens with zero attached hydrogens (tertiary/aromatic N) is 3. The first kappa shape index (κ1) is 22.0. The van der Waals surface area contributed by atoms with Gasteiger partial charge in [-0.15, -0.1) is 0 Å². The molecule has 2 atom stereocenters. The highest BCUT2D eigenvalue weighted by atomic mass is 32.1. The molecule has 3 aromatic rings. The van der Waals surface area contributed by atoms with E-state index in [0.29, 0.717) is 5.56 Å². The summed E-state index contributed by atoms with van der Waals surface area (Å²) in [5.41, 5.74) is 5.83. The van der Waals surface area contributed by atoms with Crippen LogP contribution in [0, 0.1) is 13.8 Å². The molecule has 1 N–H and O–H groups in total. The van der Waals surface area contributed by atoms with Crippen molar-refractivity contribution in [3.05, 3.63) is 82.9 Å². The van der Waals surface area contributed by atoms with Gasteiger partial charge in [-0.05, 0) is 74.4 Å². The van der Waals surface area contributed by atoms with Gasteiger partial charge in [0.1, 0.15) is 0 Å². The maximum absolute atomic E-state index is 12.1. The highest BCUT2D eigenvalue weighted by Gasteiger charge is 2.40. The second kappa shape index (κ2) is 9.12. The lowest BCUT2D eigenvalue weighted by Gasteiger charge is -2.27. The van der Waals surface area contributed by atoms with Crippen LogP contribution in [-0.2, 0) is 4.74 Å². The molecule has 3 heterocycles. The Balaban J connectivity index is 1.82. The van der Waals surface area contributed by atoms with Gasteiger partial charge < -0.3 is 19.5 Å². The van der Waals surface area contributed by atoms with Gasteiger partial charge in [-0.25, -0.2) is 4.79 Å². The van der Waals surface area contributed by atoms with Crippen LogP contribution in [0.2, 0.25) is 0 Å². The van der Waals surface area contributed by atoms with Crippen LogP contribution in [0.5, 0.6) is 0 Å². The molecule has 0 amide bonds. The first-order valence-electron chi connectivity index (χ1n) is 10.8. The standard InChI is InChI=1S/C25H28N4O2S/c1-5-13-28-23(22(27-25(28)32)21-11-6-7-12-26-21)20-14-16(2)29(17(20)3)19-10-8-9-18(15-19)24(30)31-4/h6-12,14-15,22-23H,5,13H2,1-4H3,(H,27,32)/t22-,23+/m1/s1. The van der Waals surface area contributed by atoms with Gasteiger partial charge in [-0.1, -0.05) is 19.1 Å². The monoisotopic (exact) mass is 448 g/mol. The molecule has 2 aromatic heterocycles. The van der Waals surface area contributed by atoms with E-state index in [-0.39, 0.29) is 18.1 Å². The van der Waals surface area contributed by atoms with Crippen LogP contribution in [-0.4, -0.2) is 39.2 Å². The molecule has 4 rings (SSSR count). The van der Waals surface area contributed by atoms with Crippen molar-refractivity contribution in [3.8, 4) is 5.69 Å². The minimum absolute atomic E-state index is 0.0288. The molecular formula is C25H28N4O2S. The highest BCUT2D eigenvalue weighted by Crippen LogP contribution is 2.41. The number of carbonyl (C=O) groups is 1. The Labute approximate surface area is 194 Å². The Morgan fingerprint density at radius 2 is 2.00 bits per heavy atom. The number of aryl methyl sites for hydroxylation is 1. The van der Waals surface area contributed by atoms with E-state index in [2.05, 4.69) is 46.6 Å². The van der Waals surface area contributed by atoms with Crippen molar-refractivity contribution < 1.29 is 9.53 Å². The SMILES string of the molecule is CCCN1C(=S)N[C@H](c2ccccn2)[C@@H]1c1cc(C)n(-c2cccc(C(=O)OC)c2)c1C. The molecule has 0 saturated carbocycles. The topological polar surface area (TPSA) is 59.4 Å². The Hall–Kier alpha value is -3.19. The molecule has 166 valence electrons. The summed E-state index contributed by atoms with van der Waals surface area (Å²) in [6, 6.07) is 15.7.